The van der Waals surface area contributed by atoms with Crippen LogP contribution in [-0.2, 0) is 0 Å². The van der Waals surface area contributed by atoms with Gasteiger partial charge in [-0.25, -0.2) is 18.7 Å². The van der Waals surface area contributed by atoms with Crippen molar-refractivity contribution in [2.45, 2.75) is 0 Å². The summed E-state index contributed by atoms with van der Waals surface area (Å²) in [7, 11) is 0. The molecule has 3 aromatic rings. The van der Waals surface area contributed by atoms with Crippen molar-refractivity contribution in [3.63, 3.8) is 0 Å². The van der Waals surface area contributed by atoms with Gasteiger partial charge in [-0.2, -0.15) is 0 Å². The topological polar surface area (TPSA) is 64.1 Å². The quantitative estimate of drug-likeness (QED) is 0.666. The summed E-state index contributed by atoms with van der Waals surface area (Å²) in [5.41, 5.74) is 0.0257. The number of anilines is 1. The number of carbonyl (C=O) groups excluding carboxylic acids is 1. The van der Waals surface area contributed by atoms with Crippen LogP contribution in [0.25, 0.3) is 0 Å². The van der Waals surface area contributed by atoms with Gasteiger partial charge in [0.2, 0.25) is 5.88 Å². The monoisotopic (exact) mass is 395 g/mol. The molecule has 0 unspecified atom stereocenters. The van der Waals surface area contributed by atoms with Gasteiger partial charge in [0.1, 0.15) is 17.6 Å². The molecule has 1 N–H and O–H groups in total. The van der Waals surface area contributed by atoms with Crippen molar-refractivity contribution in [2.75, 3.05) is 5.32 Å². The Hall–Kier alpha value is -2.77. The Morgan fingerprint density at radius 1 is 1.08 bits per heavy atom. The van der Waals surface area contributed by atoms with E-state index in [4.69, 9.17) is 27.9 Å². The van der Waals surface area contributed by atoms with E-state index in [-0.39, 0.29) is 27.9 Å². The number of ether oxygens (including phenoxy) is 1. The molecular formula is C17H9Cl2F2N3O2. The fourth-order valence-electron chi connectivity index (χ4n) is 1.99. The molecule has 0 aliphatic carbocycles. The zero-order valence-electron chi connectivity index (χ0n) is 12.8. The van der Waals surface area contributed by atoms with Crippen LogP contribution in [0.2, 0.25) is 10.0 Å². The van der Waals surface area contributed by atoms with Crippen LogP contribution in [0, 0.1) is 11.6 Å². The van der Waals surface area contributed by atoms with Gasteiger partial charge in [0, 0.05) is 29.0 Å². The molecule has 0 aliphatic rings. The van der Waals surface area contributed by atoms with Gasteiger partial charge >= 0.3 is 0 Å². The molecule has 0 fully saturated rings. The summed E-state index contributed by atoms with van der Waals surface area (Å²) < 4.78 is 31.8. The first-order valence-corrected chi connectivity index (χ1v) is 7.89. The Kier molecular flexibility index (Phi) is 5.29. The lowest BCUT2D eigenvalue weighted by molar-refractivity contribution is 0.102. The molecular weight excluding hydrogens is 387 g/mol. The highest BCUT2D eigenvalue weighted by atomic mass is 35.5. The molecule has 0 radical (unpaired) electrons. The van der Waals surface area contributed by atoms with Crippen molar-refractivity contribution in [1.82, 2.24) is 9.97 Å². The maximum Gasteiger partial charge on any atom is 0.262 e. The summed E-state index contributed by atoms with van der Waals surface area (Å²) in [6.45, 7) is 0. The molecule has 0 saturated heterocycles. The normalized spacial score (nSPS) is 10.5. The molecule has 2 aromatic carbocycles. The van der Waals surface area contributed by atoms with Crippen molar-refractivity contribution >= 4 is 34.8 Å². The number of hydrogen-bond acceptors (Lipinski definition) is 4. The summed E-state index contributed by atoms with van der Waals surface area (Å²) in [5, 5.41) is 3.06. The van der Waals surface area contributed by atoms with E-state index in [0.29, 0.717) is 5.02 Å². The van der Waals surface area contributed by atoms with Crippen LogP contribution in [0.1, 0.15) is 10.4 Å². The van der Waals surface area contributed by atoms with Crippen LogP contribution < -0.4 is 10.1 Å². The van der Waals surface area contributed by atoms with E-state index in [1.54, 1.807) is 6.07 Å². The van der Waals surface area contributed by atoms with Gasteiger partial charge in [0.25, 0.3) is 5.91 Å². The van der Waals surface area contributed by atoms with Crippen molar-refractivity contribution in [1.29, 1.82) is 0 Å². The predicted octanol–water partition coefficient (Wildman–Crippen LogP) is 5.11. The Morgan fingerprint density at radius 3 is 2.65 bits per heavy atom. The molecule has 132 valence electrons. The van der Waals surface area contributed by atoms with Crippen molar-refractivity contribution in [3.05, 3.63) is 76.2 Å². The zero-order valence-corrected chi connectivity index (χ0v) is 14.4. The molecule has 1 aromatic heterocycles. The van der Waals surface area contributed by atoms with Crippen LogP contribution in [0.3, 0.4) is 0 Å². The van der Waals surface area contributed by atoms with E-state index in [1.807, 2.05) is 0 Å². The lowest BCUT2D eigenvalue weighted by Gasteiger charge is -2.11. The number of hydrogen-bond donors (Lipinski definition) is 1. The highest BCUT2D eigenvalue weighted by Gasteiger charge is 2.17. The van der Waals surface area contributed by atoms with Crippen LogP contribution in [0.5, 0.6) is 11.6 Å². The largest absolute Gasteiger partial charge is 0.436 e. The second-order valence-corrected chi connectivity index (χ2v) is 5.85. The number of carbonyl (C=O) groups is 1. The number of amides is 1. The number of nitrogens with zero attached hydrogens (tertiary/aromatic N) is 2. The van der Waals surface area contributed by atoms with E-state index < -0.39 is 17.5 Å². The van der Waals surface area contributed by atoms with Crippen molar-refractivity contribution in [2.24, 2.45) is 0 Å². The second-order valence-electron chi connectivity index (χ2n) is 5.00. The Bertz CT molecular complexity index is 986. The molecule has 1 amide bonds. The molecule has 0 spiro atoms. The second kappa shape index (κ2) is 7.63. The Labute approximate surface area is 156 Å². The molecule has 5 nitrogen and oxygen atoms in total. The van der Waals surface area contributed by atoms with Crippen LogP contribution in [-0.4, -0.2) is 15.9 Å². The van der Waals surface area contributed by atoms with E-state index in [0.717, 1.165) is 12.1 Å². The third kappa shape index (κ3) is 4.07. The minimum absolute atomic E-state index is 0.0340. The average Bonchev–Trinajstić information content (AvgIpc) is 2.62. The number of benzene rings is 2. The van der Waals surface area contributed by atoms with Gasteiger partial charge in [-0.1, -0.05) is 23.2 Å². The average molecular weight is 396 g/mol. The van der Waals surface area contributed by atoms with Gasteiger partial charge in [0.15, 0.2) is 11.6 Å². The predicted molar refractivity (Wildman–Crippen MR) is 92.9 cm³/mol. The molecule has 3 rings (SSSR count). The van der Waals surface area contributed by atoms with Gasteiger partial charge in [-0.05, 0) is 24.3 Å². The first-order valence-electron chi connectivity index (χ1n) is 7.13. The maximum absolute atomic E-state index is 13.3. The summed E-state index contributed by atoms with van der Waals surface area (Å²) in [4.78, 5) is 20.1. The van der Waals surface area contributed by atoms with Gasteiger partial charge in [-0.3, -0.25) is 4.79 Å². The fraction of sp³-hybridized carbons (Fsp3) is 0. The minimum Gasteiger partial charge on any atom is -0.436 e. The molecule has 26 heavy (non-hydrogen) atoms. The van der Waals surface area contributed by atoms with E-state index in [9.17, 15) is 13.6 Å². The summed E-state index contributed by atoms with van der Waals surface area (Å²) in [6, 6.07) is 7.54. The first-order chi connectivity index (χ1) is 12.4. The molecule has 0 aliphatic heterocycles. The SMILES string of the molecule is O=C(Nc1ccc(F)c(F)c1)c1cncnc1Oc1cc(Cl)ccc1Cl. The first kappa shape index (κ1) is 18.0. The zero-order chi connectivity index (χ0) is 18.7. The summed E-state index contributed by atoms with van der Waals surface area (Å²) in [5.74, 6) is -2.67. The highest BCUT2D eigenvalue weighted by Crippen LogP contribution is 2.32. The number of aromatic nitrogens is 2. The third-order valence-electron chi connectivity index (χ3n) is 3.20. The van der Waals surface area contributed by atoms with Gasteiger partial charge < -0.3 is 10.1 Å². The van der Waals surface area contributed by atoms with Crippen LogP contribution >= 0.6 is 23.2 Å². The standard InChI is InChI=1S/C17H9Cl2F2N3O2/c18-9-1-3-12(19)15(5-9)26-17-11(7-22-8-23-17)16(25)24-10-2-4-13(20)14(21)6-10/h1-8H,(H,24,25). The number of rotatable bonds is 4. The number of nitrogens with one attached hydrogen (secondary N) is 1. The van der Waals surface area contributed by atoms with Crippen LogP contribution in [0.15, 0.2) is 48.9 Å². The van der Waals surface area contributed by atoms with Gasteiger partial charge in [0.05, 0.1) is 5.02 Å². The molecule has 9 heteroatoms. The van der Waals surface area contributed by atoms with Gasteiger partial charge in [-0.15, -0.1) is 0 Å². The number of halogens is 4. The van der Waals surface area contributed by atoms with E-state index >= 15 is 0 Å². The molecule has 0 saturated carbocycles. The van der Waals surface area contributed by atoms with E-state index in [1.165, 1.54) is 30.7 Å². The maximum atomic E-state index is 13.3. The molecule has 1 heterocycles. The van der Waals surface area contributed by atoms with Crippen LogP contribution in [0.4, 0.5) is 14.5 Å². The molecule has 0 atom stereocenters. The minimum atomic E-state index is -1.09. The van der Waals surface area contributed by atoms with Crippen molar-refractivity contribution in [3.8, 4) is 11.6 Å². The lowest BCUT2D eigenvalue weighted by Crippen LogP contribution is -2.14. The summed E-state index contributed by atoms with van der Waals surface area (Å²) in [6.07, 6.45) is 2.40. The highest BCUT2D eigenvalue weighted by molar-refractivity contribution is 6.34. The van der Waals surface area contributed by atoms with E-state index in [2.05, 4.69) is 15.3 Å². The summed E-state index contributed by atoms with van der Waals surface area (Å²) >= 11 is 11.9. The Balaban J connectivity index is 1.87. The third-order valence-corrected chi connectivity index (χ3v) is 3.75. The van der Waals surface area contributed by atoms with Crippen molar-refractivity contribution < 1.29 is 18.3 Å². The smallest absolute Gasteiger partial charge is 0.262 e. The lowest BCUT2D eigenvalue weighted by atomic mass is 10.2. The molecule has 0 bridgehead atoms. The Morgan fingerprint density at radius 2 is 1.88 bits per heavy atom. The fourth-order valence-corrected chi connectivity index (χ4v) is 2.31.